The van der Waals surface area contributed by atoms with Crippen LogP contribution in [0.5, 0.6) is 5.75 Å². The molecule has 28 heavy (non-hydrogen) atoms. The Morgan fingerprint density at radius 3 is 2.25 bits per heavy atom. The van der Waals surface area contributed by atoms with E-state index in [1.807, 2.05) is 19.1 Å². The summed E-state index contributed by atoms with van der Waals surface area (Å²) in [5.74, 6) is 0.345. The second-order valence-corrected chi connectivity index (χ2v) is 7.49. The number of phenolic OH excluding ortho intramolecular Hbond substituents is 1. The summed E-state index contributed by atoms with van der Waals surface area (Å²) in [6, 6.07) is 27.2. The minimum absolute atomic E-state index is 0.345. The van der Waals surface area contributed by atoms with E-state index in [1.54, 1.807) is 0 Å². The van der Waals surface area contributed by atoms with Crippen molar-refractivity contribution in [2.45, 2.75) is 20.4 Å². The van der Waals surface area contributed by atoms with Crippen molar-refractivity contribution >= 4 is 16.5 Å². The summed E-state index contributed by atoms with van der Waals surface area (Å²) in [4.78, 5) is 2.24. The molecule has 0 saturated heterocycles. The van der Waals surface area contributed by atoms with E-state index in [0.717, 1.165) is 28.8 Å². The van der Waals surface area contributed by atoms with Gasteiger partial charge in [0.2, 0.25) is 0 Å². The summed E-state index contributed by atoms with van der Waals surface area (Å²) in [5.41, 5.74) is 6.59. The molecular weight excluding hydrogens is 342 g/mol. The van der Waals surface area contributed by atoms with Crippen molar-refractivity contribution in [1.82, 2.24) is 0 Å². The molecule has 0 fully saturated rings. The lowest BCUT2D eigenvalue weighted by atomic mass is 9.89. The smallest absolute Gasteiger partial charge is 0.123 e. The Bertz CT molecular complexity index is 1110. The van der Waals surface area contributed by atoms with Gasteiger partial charge in [0.15, 0.2) is 0 Å². The van der Waals surface area contributed by atoms with E-state index in [1.165, 1.54) is 22.0 Å². The highest BCUT2D eigenvalue weighted by Crippen LogP contribution is 2.40. The van der Waals surface area contributed by atoms with Gasteiger partial charge in [-0.25, -0.2) is 0 Å². The number of anilines is 1. The molecular formula is C26H25NO. The molecule has 4 rings (SSSR count). The first-order valence-corrected chi connectivity index (χ1v) is 9.62. The lowest BCUT2D eigenvalue weighted by molar-refractivity contribution is 0.476. The molecule has 0 aliphatic carbocycles. The topological polar surface area (TPSA) is 23.5 Å². The fourth-order valence-corrected chi connectivity index (χ4v) is 4.04. The molecule has 2 nitrogen and oxygen atoms in total. The van der Waals surface area contributed by atoms with Gasteiger partial charge in [-0.2, -0.15) is 0 Å². The van der Waals surface area contributed by atoms with Crippen LogP contribution in [0.3, 0.4) is 0 Å². The van der Waals surface area contributed by atoms with Crippen molar-refractivity contribution in [2.24, 2.45) is 0 Å². The molecule has 2 heteroatoms. The van der Waals surface area contributed by atoms with E-state index in [2.05, 4.69) is 85.6 Å². The van der Waals surface area contributed by atoms with Crippen molar-refractivity contribution in [3.63, 3.8) is 0 Å². The number of para-hydroxylation sites is 1. The summed E-state index contributed by atoms with van der Waals surface area (Å²) in [7, 11) is 2.11. The van der Waals surface area contributed by atoms with Crippen molar-refractivity contribution in [2.75, 3.05) is 11.9 Å². The number of aryl methyl sites for hydroxylation is 2. The molecule has 0 saturated carbocycles. The van der Waals surface area contributed by atoms with Crippen LogP contribution >= 0.6 is 0 Å². The number of fused-ring (bicyclic) bond motifs is 1. The third kappa shape index (κ3) is 3.34. The molecule has 0 amide bonds. The lowest BCUT2D eigenvalue weighted by Crippen LogP contribution is -2.17. The second-order valence-electron chi connectivity index (χ2n) is 7.49. The Balaban J connectivity index is 1.92. The highest BCUT2D eigenvalue weighted by Gasteiger charge is 2.17. The van der Waals surface area contributed by atoms with Crippen LogP contribution in [0.25, 0.3) is 21.9 Å². The van der Waals surface area contributed by atoms with Crippen LogP contribution in [0.1, 0.15) is 16.7 Å². The van der Waals surface area contributed by atoms with E-state index >= 15 is 0 Å². The van der Waals surface area contributed by atoms with Crippen LogP contribution < -0.4 is 4.90 Å². The predicted molar refractivity (Wildman–Crippen MR) is 119 cm³/mol. The third-order valence-electron chi connectivity index (χ3n) is 5.33. The molecule has 0 aliphatic rings. The van der Waals surface area contributed by atoms with Crippen LogP contribution in [0.15, 0.2) is 78.9 Å². The Hall–Kier alpha value is -3.26. The average Bonchev–Trinajstić information content (AvgIpc) is 2.69. The van der Waals surface area contributed by atoms with Gasteiger partial charge in [-0.05, 0) is 65.1 Å². The second kappa shape index (κ2) is 7.40. The quantitative estimate of drug-likeness (QED) is 0.447. The van der Waals surface area contributed by atoms with Gasteiger partial charge in [0.25, 0.3) is 0 Å². The number of hydrogen-bond donors (Lipinski definition) is 1. The fourth-order valence-electron chi connectivity index (χ4n) is 4.04. The number of phenols is 1. The van der Waals surface area contributed by atoms with E-state index in [9.17, 15) is 5.11 Å². The summed E-state index contributed by atoms with van der Waals surface area (Å²) < 4.78 is 0. The minimum Gasteiger partial charge on any atom is -0.507 e. The summed E-state index contributed by atoms with van der Waals surface area (Å²) in [5, 5.41) is 13.2. The first-order chi connectivity index (χ1) is 13.5. The van der Waals surface area contributed by atoms with Crippen molar-refractivity contribution in [1.29, 1.82) is 0 Å². The van der Waals surface area contributed by atoms with Gasteiger partial charge in [0.1, 0.15) is 5.75 Å². The van der Waals surface area contributed by atoms with Gasteiger partial charge < -0.3 is 10.0 Å². The minimum atomic E-state index is 0.345. The number of benzene rings is 4. The Kier molecular flexibility index (Phi) is 4.79. The van der Waals surface area contributed by atoms with E-state index < -0.39 is 0 Å². The first-order valence-electron chi connectivity index (χ1n) is 9.62. The summed E-state index contributed by atoms with van der Waals surface area (Å²) >= 11 is 0. The number of hydrogen-bond acceptors (Lipinski definition) is 2. The normalized spacial score (nSPS) is 11.0. The maximum absolute atomic E-state index is 10.8. The van der Waals surface area contributed by atoms with Crippen LogP contribution in [-0.4, -0.2) is 12.2 Å². The highest BCUT2D eigenvalue weighted by atomic mass is 16.3. The molecule has 0 atom stereocenters. The molecule has 0 spiro atoms. The molecule has 0 heterocycles. The zero-order valence-corrected chi connectivity index (χ0v) is 16.6. The van der Waals surface area contributed by atoms with Crippen molar-refractivity contribution in [3.8, 4) is 16.9 Å². The Morgan fingerprint density at radius 2 is 1.50 bits per heavy atom. The summed E-state index contributed by atoms with van der Waals surface area (Å²) in [6.45, 7) is 4.86. The standard InChI is InChI=1S/C26H25NO/c1-18-15-19(2)25(24(28)16-18)26-21(14-13-20-9-7-8-12-23(20)26)17-27(3)22-10-5-4-6-11-22/h4-16,28H,17H2,1-3H3. The molecule has 1 N–H and O–H groups in total. The van der Waals surface area contributed by atoms with Crippen molar-refractivity contribution < 1.29 is 5.11 Å². The van der Waals surface area contributed by atoms with Gasteiger partial charge in [-0.3, -0.25) is 0 Å². The molecule has 0 aromatic heterocycles. The molecule has 0 bridgehead atoms. The largest absolute Gasteiger partial charge is 0.507 e. The average molecular weight is 367 g/mol. The van der Waals surface area contributed by atoms with E-state index in [-0.39, 0.29) is 0 Å². The zero-order chi connectivity index (χ0) is 19.7. The lowest BCUT2D eigenvalue weighted by Gasteiger charge is -2.23. The number of rotatable bonds is 4. The monoisotopic (exact) mass is 367 g/mol. The molecule has 0 aliphatic heterocycles. The van der Waals surface area contributed by atoms with E-state index in [0.29, 0.717) is 5.75 Å². The molecule has 0 radical (unpaired) electrons. The van der Waals surface area contributed by atoms with Crippen LogP contribution in [0.4, 0.5) is 5.69 Å². The summed E-state index contributed by atoms with van der Waals surface area (Å²) in [6.07, 6.45) is 0. The van der Waals surface area contributed by atoms with Gasteiger partial charge >= 0.3 is 0 Å². The van der Waals surface area contributed by atoms with Crippen LogP contribution in [0, 0.1) is 13.8 Å². The van der Waals surface area contributed by atoms with Crippen LogP contribution in [-0.2, 0) is 6.54 Å². The maximum atomic E-state index is 10.8. The molecule has 140 valence electrons. The number of nitrogens with zero attached hydrogens (tertiary/aromatic N) is 1. The number of aromatic hydroxyl groups is 1. The van der Waals surface area contributed by atoms with E-state index in [4.69, 9.17) is 0 Å². The van der Waals surface area contributed by atoms with Crippen molar-refractivity contribution in [3.05, 3.63) is 95.6 Å². The molecule has 4 aromatic rings. The molecule has 0 unspecified atom stereocenters. The van der Waals surface area contributed by atoms with Gasteiger partial charge in [-0.15, -0.1) is 0 Å². The fraction of sp³-hybridized carbons (Fsp3) is 0.154. The van der Waals surface area contributed by atoms with Gasteiger partial charge in [0, 0.05) is 24.8 Å². The Labute approximate surface area is 166 Å². The first kappa shape index (κ1) is 18.1. The zero-order valence-electron chi connectivity index (χ0n) is 16.6. The van der Waals surface area contributed by atoms with Gasteiger partial charge in [0.05, 0.1) is 0 Å². The maximum Gasteiger partial charge on any atom is 0.123 e. The Morgan fingerprint density at radius 1 is 0.786 bits per heavy atom. The SMILES string of the molecule is Cc1cc(C)c(-c2c(CN(C)c3ccccc3)ccc3ccccc23)c(O)c1. The van der Waals surface area contributed by atoms with Gasteiger partial charge in [-0.1, -0.05) is 60.7 Å². The van der Waals surface area contributed by atoms with Crippen LogP contribution in [0.2, 0.25) is 0 Å². The predicted octanol–water partition coefficient (Wildman–Crippen LogP) is 6.47. The molecule has 4 aromatic carbocycles. The third-order valence-corrected chi connectivity index (χ3v) is 5.33. The highest BCUT2D eigenvalue weighted by molar-refractivity contribution is 6.00.